The number of benzene rings is 1. The van der Waals surface area contributed by atoms with E-state index < -0.39 is 0 Å². The lowest BCUT2D eigenvalue weighted by Crippen LogP contribution is -2.30. The molecule has 0 fully saturated rings. The summed E-state index contributed by atoms with van der Waals surface area (Å²) in [6.07, 6.45) is 2.42. The standard InChI is InChI=1S/C21H30N4O3/c1-4-25(5-2)14-15-28-20-16-18(9-10-19(20)27-3)24-21(26)23-13-11-17-8-6-7-12-22-17/h6-10,12,16H,4-5,11,13-15H2,1-3H3,(H2,23,24,26). The molecule has 0 atom stereocenters. The Kier molecular flexibility index (Phi) is 9.07. The fraction of sp³-hybridized carbons (Fsp3) is 0.429. The highest BCUT2D eigenvalue weighted by Gasteiger charge is 2.09. The molecule has 1 heterocycles. The molecule has 28 heavy (non-hydrogen) atoms. The molecule has 0 spiro atoms. The van der Waals surface area contributed by atoms with Gasteiger partial charge in [-0.25, -0.2) is 4.79 Å². The summed E-state index contributed by atoms with van der Waals surface area (Å²) in [5.41, 5.74) is 1.59. The van der Waals surface area contributed by atoms with Gasteiger partial charge in [0.1, 0.15) is 6.61 Å². The van der Waals surface area contributed by atoms with Crippen molar-refractivity contribution in [3.8, 4) is 11.5 Å². The van der Waals surface area contributed by atoms with Crippen LogP contribution < -0.4 is 20.1 Å². The molecule has 2 amide bonds. The second-order valence-electron chi connectivity index (χ2n) is 6.19. The van der Waals surface area contributed by atoms with Crippen LogP contribution in [0.1, 0.15) is 19.5 Å². The Morgan fingerprint density at radius 3 is 2.64 bits per heavy atom. The number of likely N-dealkylation sites (N-methyl/N-ethyl adjacent to an activating group) is 1. The van der Waals surface area contributed by atoms with Crippen molar-refractivity contribution >= 4 is 11.7 Å². The molecule has 0 saturated carbocycles. The van der Waals surface area contributed by atoms with E-state index in [1.807, 2.05) is 18.2 Å². The van der Waals surface area contributed by atoms with Crippen LogP contribution in [0, 0.1) is 0 Å². The number of aromatic nitrogens is 1. The Bertz CT molecular complexity index is 721. The lowest BCUT2D eigenvalue weighted by Gasteiger charge is -2.19. The second-order valence-corrected chi connectivity index (χ2v) is 6.19. The van der Waals surface area contributed by atoms with Crippen LogP contribution in [-0.4, -0.2) is 55.8 Å². The first-order valence-corrected chi connectivity index (χ1v) is 9.64. The van der Waals surface area contributed by atoms with E-state index in [4.69, 9.17) is 9.47 Å². The number of nitrogens with one attached hydrogen (secondary N) is 2. The smallest absolute Gasteiger partial charge is 0.319 e. The zero-order valence-electron chi connectivity index (χ0n) is 16.9. The normalized spacial score (nSPS) is 10.6. The summed E-state index contributed by atoms with van der Waals surface area (Å²) < 4.78 is 11.2. The molecule has 0 aliphatic rings. The van der Waals surface area contributed by atoms with Crippen molar-refractivity contribution in [3.63, 3.8) is 0 Å². The third kappa shape index (κ3) is 7.08. The van der Waals surface area contributed by atoms with E-state index in [0.29, 0.717) is 36.8 Å². The lowest BCUT2D eigenvalue weighted by molar-refractivity contribution is 0.217. The van der Waals surface area contributed by atoms with Gasteiger partial charge in [-0.15, -0.1) is 0 Å². The van der Waals surface area contributed by atoms with Gasteiger partial charge in [0.25, 0.3) is 0 Å². The minimum Gasteiger partial charge on any atom is -0.493 e. The number of hydrogen-bond acceptors (Lipinski definition) is 5. The van der Waals surface area contributed by atoms with Crippen molar-refractivity contribution in [1.82, 2.24) is 15.2 Å². The van der Waals surface area contributed by atoms with E-state index in [9.17, 15) is 4.79 Å². The van der Waals surface area contributed by atoms with Gasteiger partial charge in [0.2, 0.25) is 0 Å². The van der Waals surface area contributed by atoms with Crippen molar-refractivity contribution < 1.29 is 14.3 Å². The summed E-state index contributed by atoms with van der Waals surface area (Å²) in [6.45, 7) is 8.11. The topological polar surface area (TPSA) is 75.7 Å². The highest BCUT2D eigenvalue weighted by Crippen LogP contribution is 2.30. The van der Waals surface area contributed by atoms with Crippen LogP contribution in [0.15, 0.2) is 42.6 Å². The zero-order valence-corrected chi connectivity index (χ0v) is 16.9. The van der Waals surface area contributed by atoms with Crippen LogP contribution in [0.4, 0.5) is 10.5 Å². The second kappa shape index (κ2) is 11.8. The summed E-state index contributed by atoms with van der Waals surface area (Å²) in [7, 11) is 1.60. The maximum absolute atomic E-state index is 12.1. The fourth-order valence-corrected chi connectivity index (χ4v) is 2.72. The largest absolute Gasteiger partial charge is 0.493 e. The third-order valence-corrected chi connectivity index (χ3v) is 4.37. The van der Waals surface area contributed by atoms with E-state index in [1.54, 1.807) is 31.5 Å². The molecule has 0 bridgehead atoms. The summed E-state index contributed by atoms with van der Waals surface area (Å²) in [5.74, 6) is 1.25. The van der Waals surface area contributed by atoms with E-state index in [2.05, 4.69) is 34.4 Å². The molecule has 0 radical (unpaired) electrons. The predicted octanol–water partition coefficient (Wildman–Crippen LogP) is 3.18. The van der Waals surface area contributed by atoms with E-state index in [0.717, 1.165) is 25.3 Å². The van der Waals surface area contributed by atoms with Crippen LogP contribution in [0.25, 0.3) is 0 Å². The number of rotatable bonds is 11. The first kappa shape index (κ1) is 21.5. The van der Waals surface area contributed by atoms with Crippen LogP contribution >= 0.6 is 0 Å². The van der Waals surface area contributed by atoms with Crippen molar-refractivity contribution in [2.75, 3.05) is 45.2 Å². The van der Waals surface area contributed by atoms with Gasteiger partial charge in [-0.05, 0) is 37.4 Å². The lowest BCUT2D eigenvalue weighted by atomic mass is 10.2. The van der Waals surface area contributed by atoms with Crippen LogP contribution in [0.3, 0.4) is 0 Å². The SMILES string of the molecule is CCN(CC)CCOc1cc(NC(=O)NCCc2ccccn2)ccc1OC. The molecule has 2 rings (SSSR count). The maximum Gasteiger partial charge on any atom is 0.319 e. The van der Waals surface area contributed by atoms with Gasteiger partial charge in [-0.3, -0.25) is 4.98 Å². The minimum atomic E-state index is -0.268. The van der Waals surface area contributed by atoms with Gasteiger partial charge in [0.15, 0.2) is 11.5 Å². The number of carbonyl (C=O) groups excluding carboxylic acids is 1. The number of urea groups is 1. The highest BCUT2D eigenvalue weighted by atomic mass is 16.5. The summed E-state index contributed by atoms with van der Waals surface area (Å²) in [4.78, 5) is 18.6. The molecule has 2 aromatic rings. The molecule has 1 aromatic carbocycles. The number of amides is 2. The molecule has 0 saturated heterocycles. The molecular weight excluding hydrogens is 356 g/mol. The molecule has 7 heteroatoms. The molecule has 152 valence electrons. The highest BCUT2D eigenvalue weighted by molar-refractivity contribution is 5.89. The van der Waals surface area contributed by atoms with E-state index in [1.165, 1.54) is 0 Å². The molecular formula is C21H30N4O3. The zero-order chi connectivity index (χ0) is 20.2. The first-order valence-electron chi connectivity index (χ1n) is 9.64. The number of hydrogen-bond donors (Lipinski definition) is 2. The maximum atomic E-state index is 12.1. The Morgan fingerprint density at radius 2 is 1.96 bits per heavy atom. The van der Waals surface area contributed by atoms with Gasteiger partial charge in [-0.1, -0.05) is 19.9 Å². The van der Waals surface area contributed by atoms with Gasteiger partial charge in [0.05, 0.1) is 7.11 Å². The Morgan fingerprint density at radius 1 is 1.14 bits per heavy atom. The van der Waals surface area contributed by atoms with Crippen molar-refractivity contribution in [1.29, 1.82) is 0 Å². The monoisotopic (exact) mass is 386 g/mol. The summed E-state index contributed by atoms with van der Waals surface area (Å²) >= 11 is 0. The molecule has 0 aliphatic carbocycles. The number of carbonyl (C=O) groups is 1. The molecule has 7 nitrogen and oxygen atoms in total. The number of pyridine rings is 1. The predicted molar refractivity (Wildman–Crippen MR) is 111 cm³/mol. The van der Waals surface area contributed by atoms with Crippen LogP contribution in [-0.2, 0) is 6.42 Å². The van der Waals surface area contributed by atoms with Crippen molar-refractivity contribution in [2.45, 2.75) is 20.3 Å². The third-order valence-electron chi connectivity index (χ3n) is 4.37. The van der Waals surface area contributed by atoms with Crippen molar-refractivity contribution in [3.05, 3.63) is 48.3 Å². The quantitative estimate of drug-likeness (QED) is 0.620. The van der Waals surface area contributed by atoms with Gasteiger partial charge < -0.3 is 25.0 Å². The fourth-order valence-electron chi connectivity index (χ4n) is 2.72. The summed E-state index contributed by atoms with van der Waals surface area (Å²) in [6, 6.07) is 10.8. The molecule has 0 aliphatic heterocycles. The Labute approximate surface area is 167 Å². The number of anilines is 1. The van der Waals surface area contributed by atoms with Gasteiger partial charge >= 0.3 is 6.03 Å². The number of ether oxygens (including phenoxy) is 2. The van der Waals surface area contributed by atoms with Gasteiger partial charge in [-0.2, -0.15) is 0 Å². The number of nitrogens with zero attached hydrogens (tertiary/aromatic N) is 2. The van der Waals surface area contributed by atoms with E-state index >= 15 is 0 Å². The summed E-state index contributed by atoms with van der Waals surface area (Å²) in [5, 5.41) is 5.66. The molecule has 2 N–H and O–H groups in total. The average molecular weight is 386 g/mol. The Hall–Kier alpha value is -2.80. The van der Waals surface area contributed by atoms with Crippen LogP contribution in [0.5, 0.6) is 11.5 Å². The molecule has 0 unspecified atom stereocenters. The Balaban J connectivity index is 1.85. The first-order chi connectivity index (χ1) is 13.7. The van der Waals surface area contributed by atoms with E-state index in [-0.39, 0.29) is 6.03 Å². The van der Waals surface area contributed by atoms with Crippen molar-refractivity contribution in [2.24, 2.45) is 0 Å². The van der Waals surface area contributed by atoms with Gasteiger partial charge in [0, 0.05) is 43.2 Å². The molecule has 1 aromatic heterocycles. The number of methoxy groups -OCH3 is 1. The van der Waals surface area contributed by atoms with Crippen LogP contribution in [0.2, 0.25) is 0 Å². The minimum absolute atomic E-state index is 0.268. The average Bonchev–Trinajstić information content (AvgIpc) is 2.72.